The summed E-state index contributed by atoms with van der Waals surface area (Å²) in [5, 5.41) is 3.40. The van der Waals surface area contributed by atoms with E-state index in [1.54, 1.807) is 12.3 Å². The van der Waals surface area contributed by atoms with Crippen LogP contribution in [0.2, 0.25) is 0 Å². The normalized spacial score (nSPS) is 12.2. The fraction of sp³-hybridized carbons (Fsp3) is 0.375. The predicted molar refractivity (Wildman–Crippen MR) is 79.9 cm³/mol. The fourth-order valence-corrected chi connectivity index (χ4v) is 2.18. The Kier molecular flexibility index (Phi) is 5.22. The highest BCUT2D eigenvalue weighted by Crippen LogP contribution is 2.25. The van der Waals surface area contributed by atoms with Gasteiger partial charge in [-0.25, -0.2) is 14.4 Å². The maximum absolute atomic E-state index is 13.9. The number of rotatable bonds is 6. The van der Waals surface area contributed by atoms with E-state index >= 15 is 0 Å². The van der Waals surface area contributed by atoms with Gasteiger partial charge in [0.25, 0.3) is 0 Å². The molecule has 1 aromatic heterocycles. The molecule has 0 amide bonds. The number of nitrogens with one attached hydrogen (secondary N) is 1. The second-order valence-corrected chi connectivity index (χ2v) is 4.81. The van der Waals surface area contributed by atoms with Gasteiger partial charge in [-0.1, -0.05) is 13.0 Å². The van der Waals surface area contributed by atoms with Crippen molar-refractivity contribution >= 4 is 0 Å². The minimum absolute atomic E-state index is 0.160. The second-order valence-electron chi connectivity index (χ2n) is 4.81. The molecule has 0 aliphatic heterocycles. The van der Waals surface area contributed by atoms with Crippen LogP contribution in [-0.2, 0) is 0 Å². The molecule has 4 nitrogen and oxygen atoms in total. The smallest absolute Gasteiger partial charge is 0.165 e. The van der Waals surface area contributed by atoms with Crippen molar-refractivity contribution in [1.29, 1.82) is 0 Å². The Hall–Kier alpha value is -2.01. The molecule has 0 saturated heterocycles. The number of hydrogen-bond donors (Lipinski definition) is 1. The summed E-state index contributed by atoms with van der Waals surface area (Å²) in [6.45, 7) is 4.75. The Morgan fingerprint density at radius 3 is 2.76 bits per heavy atom. The van der Waals surface area contributed by atoms with Gasteiger partial charge in [-0.2, -0.15) is 0 Å². The Balaban J connectivity index is 2.37. The third kappa shape index (κ3) is 3.76. The van der Waals surface area contributed by atoms with E-state index in [2.05, 4.69) is 22.2 Å². The van der Waals surface area contributed by atoms with Gasteiger partial charge < -0.3 is 10.1 Å². The minimum atomic E-state index is -0.371. The number of halogens is 1. The molecular weight excluding hydrogens is 269 g/mol. The molecule has 112 valence electrons. The highest BCUT2D eigenvalue weighted by molar-refractivity contribution is 5.34. The quantitative estimate of drug-likeness (QED) is 0.888. The molecule has 0 aliphatic rings. The Labute approximate surface area is 124 Å². The number of aryl methyl sites for hydroxylation is 1. The van der Waals surface area contributed by atoms with Gasteiger partial charge >= 0.3 is 0 Å². The molecule has 1 atom stereocenters. The summed E-state index contributed by atoms with van der Waals surface area (Å²) in [6.07, 6.45) is 2.71. The summed E-state index contributed by atoms with van der Waals surface area (Å²) in [4.78, 5) is 8.56. The molecule has 1 aromatic carbocycles. The predicted octanol–water partition coefficient (Wildman–Crippen LogP) is 3.02. The first kappa shape index (κ1) is 15.4. The maximum atomic E-state index is 13.9. The molecule has 0 saturated carbocycles. The summed E-state index contributed by atoms with van der Waals surface area (Å²) < 4.78 is 18.9. The second kappa shape index (κ2) is 7.13. The number of hydrogen-bond acceptors (Lipinski definition) is 4. The molecule has 1 unspecified atom stereocenters. The van der Waals surface area contributed by atoms with Gasteiger partial charge in [0.2, 0.25) is 0 Å². The average molecular weight is 289 g/mol. The zero-order valence-electron chi connectivity index (χ0n) is 12.6. The van der Waals surface area contributed by atoms with Crippen LogP contribution in [0, 0.1) is 12.7 Å². The third-order valence-corrected chi connectivity index (χ3v) is 3.20. The van der Waals surface area contributed by atoms with E-state index in [1.807, 2.05) is 19.1 Å². The molecule has 1 N–H and O–H groups in total. The van der Waals surface area contributed by atoms with Crippen LogP contribution < -0.4 is 10.1 Å². The zero-order valence-corrected chi connectivity index (χ0v) is 12.6. The van der Waals surface area contributed by atoms with Gasteiger partial charge in [0.15, 0.2) is 11.6 Å². The van der Waals surface area contributed by atoms with Crippen LogP contribution in [0.25, 0.3) is 0 Å². The van der Waals surface area contributed by atoms with Gasteiger partial charge in [-0.15, -0.1) is 0 Å². The van der Waals surface area contributed by atoms with Crippen LogP contribution in [-0.4, -0.2) is 23.6 Å². The molecule has 0 bridgehead atoms. The Morgan fingerprint density at radius 1 is 1.33 bits per heavy atom. The van der Waals surface area contributed by atoms with E-state index in [9.17, 15) is 4.39 Å². The Morgan fingerprint density at radius 2 is 2.14 bits per heavy atom. The molecule has 0 spiro atoms. The molecule has 1 heterocycles. The van der Waals surface area contributed by atoms with Crippen LogP contribution >= 0.6 is 0 Å². The number of nitrogens with zero attached hydrogens (tertiary/aromatic N) is 2. The van der Waals surface area contributed by atoms with Gasteiger partial charge in [0.1, 0.15) is 5.82 Å². The highest BCUT2D eigenvalue weighted by Gasteiger charge is 2.17. The van der Waals surface area contributed by atoms with Crippen LogP contribution in [0.1, 0.15) is 36.5 Å². The monoisotopic (exact) mass is 289 g/mol. The van der Waals surface area contributed by atoms with E-state index in [1.165, 1.54) is 13.2 Å². The van der Waals surface area contributed by atoms with Crippen LogP contribution in [0.15, 0.2) is 30.5 Å². The molecule has 2 aromatic rings. The summed E-state index contributed by atoms with van der Waals surface area (Å²) in [5.74, 6) is 0.570. The molecule has 0 radical (unpaired) electrons. The van der Waals surface area contributed by atoms with Crippen molar-refractivity contribution in [3.63, 3.8) is 0 Å². The lowest BCUT2D eigenvalue weighted by Crippen LogP contribution is -2.24. The van der Waals surface area contributed by atoms with E-state index < -0.39 is 0 Å². The molecule has 5 heteroatoms. The SMILES string of the molecule is CCCNC(c1ccc(OC)c(F)c1)c1ccnc(C)n1. The van der Waals surface area contributed by atoms with Crippen LogP contribution in [0.4, 0.5) is 4.39 Å². The fourth-order valence-electron chi connectivity index (χ4n) is 2.18. The molecule has 21 heavy (non-hydrogen) atoms. The minimum Gasteiger partial charge on any atom is -0.494 e. The van der Waals surface area contributed by atoms with Gasteiger partial charge in [-0.3, -0.25) is 0 Å². The first-order valence-corrected chi connectivity index (χ1v) is 7.02. The summed E-state index contributed by atoms with van der Waals surface area (Å²) >= 11 is 0. The molecule has 0 fully saturated rings. The zero-order chi connectivity index (χ0) is 15.2. The number of methoxy groups -OCH3 is 1. The first-order chi connectivity index (χ1) is 10.2. The van der Waals surface area contributed by atoms with Crippen molar-refractivity contribution in [1.82, 2.24) is 15.3 Å². The largest absolute Gasteiger partial charge is 0.494 e. The van der Waals surface area contributed by atoms with E-state index in [0.717, 1.165) is 24.2 Å². The maximum Gasteiger partial charge on any atom is 0.165 e. The molecular formula is C16H20FN3O. The van der Waals surface area contributed by atoms with Gasteiger partial charge in [0.05, 0.1) is 18.8 Å². The molecule has 0 aliphatic carbocycles. The lowest BCUT2D eigenvalue weighted by molar-refractivity contribution is 0.385. The van der Waals surface area contributed by atoms with Gasteiger partial charge in [-0.05, 0) is 43.7 Å². The molecule has 2 rings (SSSR count). The number of benzene rings is 1. The van der Waals surface area contributed by atoms with E-state index in [-0.39, 0.29) is 17.6 Å². The lowest BCUT2D eigenvalue weighted by atomic mass is 10.0. The highest BCUT2D eigenvalue weighted by atomic mass is 19.1. The van der Waals surface area contributed by atoms with Gasteiger partial charge in [0, 0.05) is 6.20 Å². The Bertz CT molecular complexity index is 604. The van der Waals surface area contributed by atoms with Crippen LogP contribution in [0.3, 0.4) is 0 Å². The topological polar surface area (TPSA) is 47.0 Å². The summed E-state index contributed by atoms with van der Waals surface area (Å²) in [7, 11) is 1.46. The van der Waals surface area contributed by atoms with Crippen molar-refractivity contribution < 1.29 is 9.13 Å². The van der Waals surface area contributed by atoms with Crippen molar-refractivity contribution in [2.45, 2.75) is 26.3 Å². The third-order valence-electron chi connectivity index (χ3n) is 3.20. The van der Waals surface area contributed by atoms with Crippen molar-refractivity contribution in [3.8, 4) is 5.75 Å². The van der Waals surface area contributed by atoms with Crippen molar-refractivity contribution in [2.24, 2.45) is 0 Å². The summed E-state index contributed by atoms with van der Waals surface area (Å²) in [6, 6.07) is 6.67. The lowest BCUT2D eigenvalue weighted by Gasteiger charge is -2.19. The van der Waals surface area contributed by atoms with Crippen LogP contribution in [0.5, 0.6) is 5.75 Å². The summed E-state index contributed by atoms with van der Waals surface area (Å²) in [5.41, 5.74) is 1.65. The first-order valence-electron chi connectivity index (χ1n) is 7.02. The average Bonchev–Trinajstić information content (AvgIpc) is 2.48. The standard InChI is InChI=1S/C16H20FN3O/c1-4-8-19-16(14-7-9-18-11(2)20-14)12-5-6-15(21-3)13(17)10-12/h5-7,9-10,16,19H,4,8H2,1-3H3. The van der Waals surface area contributed by atoms with E-state index in [0.29, 0.717) is 5.82 Å². The van der Waals surface area contributed by atoms with Crippen molar-refractivity contribution in [2.75, 3.05) is 13.7 Å². The number of ether oxygens (including phenoxy) is 1. The number of aromatic nitrogens is 2. The van der Waals surface area contributed by atoms with E-state index in [4.69, 9.17) is 4.74 Å². The van der Waals surface area contributed by atoms with Crippen molar-refractivity contribution in [3.05, 3.63) is 53.4 Å².